The van der Waals surface area contributed by atoms with Gasteiger partial charge in [-0.05, 0) is 47.9 Å². The first kappa shape index (κ1) is 34.5. The standard InChI is InChI=1S/C25H20Cl2F9NO3S/c1-3-15-9-16(10-20(26)21(15)27)18(24(31,32)33)7-5-14-4-6-17(19(8-14)25(34,35)36)22(38)37-13(2)11-41(39,40)12-23(28,29)30/h3-10,13,18H,1,11-12H2,2H3,(H,37,38)/b7-5+. The van der Waals surface area contributed by atoms with E-state index in [1.54, 1.807) is 0 Å². The number of alkyl halides is 9. The van der Waals surface area contributed by atoms with Crippen LogP contribution in [0.3, 0.4) is 0 Å². The van der Waals surface area contributed by atoms with E-state index in [1.807, 2.05) is 5.32 Å². The van der Waals surface area contributed by atoms with Crippen LogP contribution in [0, 0.1) is 0 Å². The average molecular weight is 656 g/mol. The van der Waals surface area contributed by atoms with Gasteiger partial charge in [0.15, 0.2) is 9.84 Å². The highest BCUT2D eigenvalue weighted by Gasteiger charge is 2.40. The van der Waals surface area contributed by atoms with Crippen LogP contribution < -0.4 is 5.32 Å². The summed E-state index contributed by atoms with van der Waals surface area (Å²) in [4.78, 5) is 12.5. The van der Waals surface area contributed by atoms with Gasteiger partial charge in [-0.25, -0.2) is 8.42 Å². The van der Waals surface area contributed by atoms with E-state index in [2.05, 4.69) is 6.58 Å². The molecular formula is C25H20Cl2F9NO3S. The van der Waals surface area contributed by atoms with E-state index in [1.165, 1.54) is 6.08 Å². The van der Waals surface area contributed by atoms with Crippen molar-refractivity contribution in [1.29, 1.82) is 0 Å². The molecule has 2 aromatic carbocycles. The molecule has 0 heterocycles. The fraction of sp³-hybridized carbons (Fsp3) is 0.320. The molecule has 2 rings (SSSR count). The molecule has 2 unspecified atom stereocenters. The first-order valence-corrected chi connectivity index (χ1v) is 13.8. The predicted molar refractivity (Wildman–Crippen MR) is 137 cm³/mol. The highest BCUT2D eigenvalue weighted by Crippen LogP contribution is 2.40. The maximum atomic E-state index is 13.9. The average Bonchev–Trinajstić information content (AvgIpc) is 2.77. The summed E-state index contributed by atoms with van der Waals surface area (Å²) in [6.45, 7) is 4.42. The third-order valence-electron chi connectivity index (χ3n) is 5.35. The zero-order valence-corrected chi connectivity index (χ0v) is 23.0. The Balaban J connectivity index is 2.41. The Morgan fingerprint density at radius 2 is 1.63 bits per heavy atom. The topological polar surface area (TPSA) is 63.2 Å². The predicted octanol–water partition coefficient (Wildman–Crippen LogP) is 8.11. The molecule has 0 radical (unpaired) electrons. The lowest BCUT2D eigenvalue weighted by Gasteiger charge is -2.19. The van der Waals surface area contributed by atoms with Gasteiger partial charge in [-0.15, -0.1) is 0 Å². The summed E-state index contributed by atoms with van der Waals surface area (Å²) in [7, 11) is -4.76. The first-order valence-electron chi connectivity index (χ1n) is 11.2. The Kier molecular flexibility index (Phi) is 10.6. The number of sulfone groups is 1. The van der Waals surface area contributed by atoms with E-state index in [0.717, 1.165) is 31.2 Å². The number of hydrogen-bond acceptors (Lipinski definition) is 3. The minimum atomic E-state index is -5.19. The summed E-state index contributed by atoms with van der Waals surface area (Å²) in [5.41, 5.74) is -3.27. The second kappa shape index (κ2) is 12.7. The monoisotopic (exact) mass is 655 g/mol. The van der Waals surface area contributed by atoms with Gasteiger partial charge in [-0.1, -0.05) is 54.1 Å². The zero-order chi connectivity index (χ0) is 31.6. The number of halogens is 11. The molecule has 0 saturated heterocycles. The fourth-order valence-electron chi connectivity index (χ4n) is 3.71. The van der Waals surface area contributed by atoms with Crippen LogP contribution in [0.4, 0.5) is 39.5 Å². The summed E-state index contributed by atoms with van der Waals surface area (Å²) < 4.78 is 143. The van der Waals surface area contributed by atoms with Crippen LogP contribution in [0.15, 0.2) is 43.0 Å². The van der Waals surface area contributed by atoms with E-state index in [0.29, 0.717) is 18.2 Å². The van der Waals surface area contributed by atoms with Crippen molar-refractivity contribution >= 4 is 51.1 Å². The lowest BCUT2D eigenvalue weighted by atomic mass is 9.94. The molecule has 1 N–H and O–H groups in total. The van der Waals surface area contributed by atoms with Crippen molar-refractivity contribution in [3.05, 3.63) is 80.8 Å². The Morgan fingerprint density at radius 1 is 1.02 bits per heavy atom. The van der Waals surface area contributed by atoms with Gasteiger partial charge >= 0.3 is 18.5 Å². The van der Waals surface area contributed by atoms with Crippen molar-refractivity contribution in [2.24, 2.45) is 0 Å². The van der Waals surface area contributed by atoms with Crippen molar-refractivity contribution in [3.63, 3.8) is 0 Å². The molecule has 0 fully saturated rings. The molecular weight excluding hydrogens is 636 g/mol. The number of rotatable bonds is 9. The second-order valence-corrected chi connectivity index (χ2v) is 11.7. The van der Waals surface area contributed by atoms with Crippen molar-refractivity contribution in [3.8, 4) is 0 Å². The van der Waals surface area contributed by atoms with Gasteiger partial charge < -0.3 is 5.32 Å². The molecule has 0 spiro atoms. The third-order valence-corrected chi connectivity index (χ3v) is 7.94. The van der Waals surface area contributed by atoms with Gasteiger partial charge in [0, 0.05) is 6.04 Å². The van der Waals surface area contributed by atoms with Crippen molar-refractivity contribution in [1.82, 2.24) is 5.32 Å². The molecule has 226 valence electrons. The first-order chi connectivity index (χ1) is 18.5. The van der Waals surface area contributed by atoms with Crippen LogP contribution in [0.2, 0.25) is 10.0 Å². The molecule has 0 bridgehead atoms. The van der Waals surface area contributed by atoms with Crippen molar-refractivity contribution in [2.75, 3.05) is 11.5 Å². The van der Waals surface area contributed by atoms with E-state index < -0.39 is 68.9 Å². The van der Waals surface area contributed by atoms with E-state index >= 15 is 0 Å². The maximum absolute atomic E-state index is 13.9. The molecule has 0 aromatic heterocycles. The number of allylic oxidation sites excluding steroid dienone is 1. The molecule has 41 heavy (non-hydrogen) atoms. The molecule has 16 heteroatoms. The SMILES string of the molecule is C=Cc1cc(C(/C=C/c2ccc(C(=O)NC(C)CS(=O)(=O)CC(F)(F)F)c(C(F)(F)F)c2)C(F)(F)F)cc(Cl)c1Cl. The highest BCUT2D eigenvalue weighted by atomic mass is 35.5. The lowest BCUT2D eigenvalue weighted by Crippen LogP contribution is -2.40. The minimum absolute atomic E-state index is 0.0497. The largest absolute Gasteiger partial charge is 0.417 e. The molecule has 2 atom stereocenters. The summed E-state index contributed by atoms with van der Waals surface area (Å²) in [5.74, 6) is -7.18. The van der Waals surface area contributed by atoms with Crippen molar-refractivity contribution < 1.29 is 52.7 Å². The summed E-state index contributed by atoms with van der Waals surface area (Å²) >= 11 is 11.8. The Hall–Kier alpha value is -2.71. The Bertz CT molecular complexity index is 1430. The summed E-state index contributed by atoms with van der Waals surface area (Å²) in [6, 6.07) is 2.46. The summed E-state index contributed by atoms with van der Waals surface area (Å²) in [5, 5.41) is 1.64. The minimum Gasteiger partial charge on any atom is -0.349 e. The van der Waals surface area contributed by atoms with Gasteiger partial charge in [0.25, 0.3) is 5.91 Å². The van der Waals surface area contributed by atoms with Gasteiger partial charge in [0.1, 0.15) is 5.75 Å². The normalized spacial score (nSPS) is 14.6. The van der Waals surface area contributed by atoms with Gasteiger partial charge in [0.2, 0.25) is 0 Å². The molecule has 0 aliphatic carbocycles. The van der Waals surface area contributed by atoms with Crippen LogP contribution in [0.25, 0.3) is 12.2 Å². The zero-order valence-electron chi connectivity index (χ0n) is 20.7. The van der Waals surface area contributed by atoms with Gasteiger partial charge in [-0.2, -0.15) is 39.5 Å². The number of hydrogen-bond donors (Lipinski definition) is 1. The quantitative estimate of drug-likeness (QED) is 0.278. The van der Waals surface area contributed by atoms with Gasteiger partial charge in [0.05, 0.1) is 32.8 Å². The number of carbonyl (C=O) groups excluding carboxylic acids is 1. The van der Waals surface area contributed by atoms with Crippen molar-refractivity contribution in [2.45, 2.75) is 37.4 Å². The molecule has 1 amide bonds. The molecule has 0 aliphatic heterocycles. The third kappa shape index (κ3) is 9.96. The number of carbonyl (C=O) groups is 1. The second-order valence-electron chi connectivity index (χ2n) is 8.84. The van der Waals surface area contributed by atoms with Crippen LogP contribution >= 0.6 is 23.2 Å². The lowest BCUT2D eigenvalue weighted by molar-refractivity contribution is -0.139. The number of nitrogens with one attached hydrogen (secondary N) is 1. The van der Waals surface area contributed by atoms with E-state index in [9.17, 15) is 52.7 Å². The number of amides is 1. The highest BCUT2D eigenvalue weighted by molar-refractivity contribution is 7.91. The van der Waals surface area contributed by atoms with Crippen LogP contribution in [-0.4, -0.2) is 44.2 Å². The summed E-state index contributed by atoms with van der Waals surface area (Å²) in [6.07, 6.45) is -12.7. The number of benzene rings is 2. The molecule has 4 nitrogen and oxygen atoms in total. The van der Waals surface area contributed by atoms with E-state index in [4.69, 9.17) is 23.2 Å². The smallest absolute Gasteiger partial charge is 0.349 e. The fourth-order valence-corrected chi connectivity index (χ4v) is 5.59. The van der Waals surface area contributed by atoms with Crippen LogP contribution in [0.5, 0.6) is 0 Å². The van der Waals surface area contributed by atoms with Crippen LogP contribution in [0.1, 0.15) is 45.5 Å². The molecule has 0 saturated carbocycles. The van der Waals surface area contributed by atoms with E-state index in [-0.39, 0.29) is 26.7 Å². The van der Waals surface area contributed by atoms with Crippen LogP contribution in [-0.2, 0) is 16.0 Å². The van der Waals surface area contributed by atoms with Gasteiger partial charge in [-0.3, -0.25) is 4.79 Å². The molecule has 2 aromatic rings. The Labute approximate surface area is 238 Å². The Morgan fingerprint density at radius 3 is 2.15 bits per heavy atom. The maximum Gasteiger partial charge on any atom is 0.417 e. The molecule has 0 aliphatic rings.